The molecule has 0 bridgehead atoms. The fraction of sp³-hybridized carbons (Fsp3) is 0.176. The van der Waals surface area contributed by atoms with Gasteiger partial charge < -0.3 is 0 Å². The highest BCUT2D eigenvalue weighted by Gasteiger charge is 2.14. The van der Waals surface area contributed by atoms with Crippen LogP contribution in [0.25, 0.3) is 22.2 Å². The lowest BCUT2D eigenvalue weighted by Gasteiger charge is -2.07. The van der Waals surface area contributed by atoms with Crippen molar-refractivity contribution in [2.75, 3.05) is 0 Å². The molecule has 0 amide bonds. The average Bonchev–Trinajstić information content (AvgIpc) is 2.37. The van der Waals surface area contributed by atoms with Crippen molar-refractivity contribution in [3.8, 4) is 11.3 Å². The number of aromatic nitrogens is 2. The largest absolute Gasteiger partial charge is 0.287 e. The van der Waals surface area contributed by atoms with Crippen LogP contribution in [-0.4, -0.2) is 4.98 Å². The first-order valence-electron chi connectivity index (χ1n) is 6.47. The summed E-state index contributed by atoms with van der Waals surface area (Å²) in [5, 5.41) is 1.19. The predicted molar refractivity (Wildman–Crippen MR) is 77.8 cm³/mol. The third kappa shape index (κ3) is 2.10. The third-order valence-corrected chi connectivity index (χ3v) is 3.38. The van der Waals surface area contributed by atoms with Crippen molar-refractivity contribution >= 4 is 10.9 Å². The molecule has 3 rings (SSSR count). The predicted octanol–water partition coefficient (Wildman–Crippen LogP) is 3.34. The lowest BCUT2D eigenvalue weighted by Crippen LogP contribution is -2.31. The molecule has 0 N–H and O–H groups in total. The molecule has 0 aliphatic carbocycles. The van der Waals surface area contributed by atoms with E-state index in [2.05, 4.69) is 59.8 Å². The van der Waals surface area contributed by atoms with Crippen molar-refractivity contribution in [1.29, 1.82) is 0 Å². The number of aryl methyl sites for hydroxylation is 3. The maximum absolute atomic E-state index is 4.47. The zero-order chi connectivity index (χ0) is 13.4. The molecule has 0 spiro atoms. The lowest BCUT2D eigenvalue weighted by molar-refractivity contribution is -0.662. The van der Waals surface area contributed by atoms with Crippen molar-refractivity contribution in [1.82, 2.24) is 4.98 Å². The van der Waals surface area contributed by atoms with Crippen LogP contribution in [0.15, 0.2) is 48.8 Å². The summed E-state index contributed by atoms with van der Waals surface area (Å²) in [4.78, 5) is 4.47. The standard InChI is InChI=1S/C17H17N2/c1-12-8-13(2)10-14(9-12)17-15-6-4-5-7-16(15)18-11-19(17)3/h4-11H,1-3H3/q+1. The molecule has 3 aromatic rings. The molecule has 1 heterocycles. The van der Waals surface area contributed by atoms with Gasteiger partial charge in [-0.3, -0.25) is 0 Å². The summed E-state index contributed by atoms with van der Waals surface area (Å²) in [7, 11) is 2.05. The Morgan fingerprint density at radius 3 is 2.37 bits per heavy atom. The number of rotatable bonds is 1. The minimum Gasteiger partial charge on any atom is -0.232 e. The number of benzene rings is 2. The molecule has 2 heteroatoms. The van der Waals surface area contributed by atoms with Gasteiger partial charge in [0.2, 0.25) is 0 Å². The van der Waals surface area contributed by atoms with Crippen LogP contribution in [-0.2, 0) is 7.05 Å². The van der Waals surface area contributed by atoms with E-state index >= 15 is 0 Å². The van der Waals surface area contributed by atoms with Crippen LogP contribution >= 0.6 is 0 Å². The van der Waals surface area contributed by atoms with Crippen molar-refractivity contribution in [3.05, 3.63) is 59.9 Å². The van der Waals surface area contributed by atoms with E-state index in [1.165, 1.54) is 27.8 Å². The molecule has 0 aliphatic rings. The van der Waals surface area contributed by atoms with Crippen LogP contribution in [0.2, 0.25) is 0 Å². The highest BCUT2D eigenvalue weighted by molar-refractivity contribution is 5.90. The molecular formula is C17H17N2+. The zero-order valence-corrected chi connectivity index (χ0v) is 11.5. The van der Waals surface area contributed by atoms with Gasteiger partial charge in [-0.15, -0.1) is 0 Å². The summed E-state index contributed by atoms with van der Waals surface area (Å²) < 4.78 is 2.09. The molecule has 0 radical (unpaired) electrons. The third-order valence-electron chi connectivity index (χ3n) is 3.38. The number of nitrogens with zero attached hydrogens (tertiary/aromatic N) is 2. The Labute approximate surface area is 113 Å². The van der Waals surface area contributed by atoms with Gasteiger partial charge in [0.25, 0.3) is 6.33 Å². The molecule has 2 nitrogen and oxygen atoms in total. The van der Waals surface area contributed by atoms with Crippen molar-refractivity contribution in [2.45, 2.75) is 13.8 Å². The van der Waals surface area contributed by atoms with Gasteiger partial charge in [0.15, 0.2) is 5.52 Å². The first-order chi connectivity index (χ1) is 9.15. The van der Waals surface area contributed by atoms with Gasteiger partial charge >= 0.3 is 0 Å². The lowest BCUT2D eigenvalue weighted by atomic mass is 10.0. The van der Waals surface area contributed by atoms with E-state index in [-0.39, 0.29) is 0 Å². The molecule has 0 saturated heterocycles. The molecule has 19 heavy (non-hydrogen) atoms. The highest BCUT2D eigenvalue weighted by Crippen LogP contribution is 2.25. The van der Waals surface area contributed by atoms with E-state index in [4.69, 9.17) is 0 Å². The molecule has 94 valence electrons. The smallest absolute Gasteiger partial charge is 0.232 e. The van der Waals surface area contributed by atoms with E-state index in [0.29, 0.717) is 0 Å². The number of hydrogen-bond acceptors (Lipinski definition) is 1. The van der Waals surface area contributed by atoms with Gasteiger partial charge in [-0.2, -0.15) is 0 Å². The van der Waals surface area contributed by atoms with Crippen LogP contribution in [0.1, 0.15) is 11.1 Å². The highest BCUT2D eigenvalue weighted by atomic mass is 15.0. The minimum absolute atomic E-state index is 1.04. The number of para-hydroxylation sites is 1. The first-order valence-corrected chi connectivity index (χ1v) is 6.47. The zero-order valence-electron chi connectivity index (χ0n) is 11.5. The summed E-state index contributed by atoms with van der Waals surface area (Å²) in [6, 6.07) is 14.9. The second kappa shape index (κ2) is 4.47. The second-order valence-electron chi connectivity index (χ2n) is 5.10. The Morgan fingerprint density at radius 1 is 0.947 bits per heavy atom. The van der Waals surface area contributed by atoms with Crippen LogP contribution in [0, 0.1) is 13.8 Å². The summed E-state index contributed by atoms with van der Waals surface area (Å²) in [6.45, 7) is 4.28. The van der Waals surface area contributed by atoms with Crippen molar-refractivity contribution < 1.29 is 4.57 Å². The van der Waals surface area contributed by atoms with Gasteiger partial charge in [0, 0.05) is 5.56 Å². The Bertz CT molecular complexity index is 740. The monoisotopic (exact) mass is 249 g/mol. The molecular weight excluding hydrogens is 232 g/mol. The van der Waals surface area contributed by atoms with Crippen LogP contribution < -0.4 is 4.57 Å². The summed E-state index contributed by atoms with van der Waals surface area (Å²) in [5.74, 6) is 0. The average molecular weight is 249 g/mol. The fourth-order valence-electron chi connectivity index (χ4n) is 2.65. The van der Waals surface area contributed by atoms with Gasteiger partial charge in [0.1, 0.15) is 5.69 Å². The maximum Gasteiger partial charge on any atom is 0.287 e. The van der Waals surface area contributed by atoms with E-state index in [1.807, 2.05) is 19.4 Å². The SMILES string of the molecule is Cc1cc(C)cc(-c2c3ccccc3nc[n+]2C)c1. The van der Waals surface area contributed by atoms with Gasteiger partial charge in [-0.05, 0) is 43.1 Å². The van der Waals surface area contributed by atoms with E-state index in [1.54, 1.807) is 0 Å². The first kappa shape index (κ1) is 11.8. The molecule has 0 saturated carbocycles. The molecule has 0 unspecified atom stereocenters. The minimum atomic E-state index is 1.04. The van der Waals surface area contributed by atoms with Gasteiger partial charge in [-0.1, -0.05) is 29.3 Å². The van der Waals surface area contributed by atoms with E-state index in [9.17, 15) is 0 Å². The van der Waals surface area contributed by atoms with Crippen LogP contribution in [0.3, 0.4) is 0 Å². The quantitative estimate of drug-likeness (QED) is 0.604. The molecule has 0 aliphatic heterocycles. The van der Waals surface area contributed by atoms with E-state index in [0.717, 1.165) is 5.52 Å². The Kier molecular flexibility index (Phi) is 2.79. The summed E-state index contributed by atoms with van der Waals surface area (Å²) in [5.41, 5.74) is 6.08. The molecule has 0 atom stereocenters. The summed E-state index contributed by atoms with van der Waals surface area (Å²) in [6.07, 6.45) is 1.88. The Balaban J connectivity index is 2.38. The van der Waals surface area contributed by atoms with Crippen LogP contribution in [0.5, 0.6) is 0 Å². The molecule has 1 aromatic heterocycles. The number of fused-ring (bicyclic) bond motifs is 1. The van der Waals surface area contributed by atoms with Crippen molar-refractivity contribution in [2.24, 2.45) is 7.05 Å². The fourth-order valence-corrected chi connectivity index (χ4v) is 2.65. The molecule has 0 fully saturated rings. The van der Waals surface area contributed by atoms with E-state index < -0.39 is 0 Å². The van der Waals surface area contributed by atoms with Gasteiger partial charge in [0.05, 0.1) is 12.4 Å². The Morgan fingerprint density at radius 2 is 1.63 bits per heavy atom. The Hall–Kier alpha value is -2.22. The topological polar surface area (TPSA) is 16.8 Å². The number of hydrogen-bond donors (Lipinski definition) is 0. The molecule has 2 aromatic carbocycles. The maximum atomic E-state index is 4.47. The van der Waals surface area contributed by atoms with Gasteiger partial charge in [-0.25, -0.2) is 4.57 Å². The summed E-state index contributed by atoms with van der Waals surface area (Å²) >= 11 is 0. The van der Waals surface area contributed by atoms with Crippen LogP contribution in [0.4, 0.5) is 0 Å². The normalized spacial score (nSPS) is 10.9. The second-order valence-corrected chi connectivity index (χ2v) is 5.10. The van der Waals surface area contributed by atoms with Crippen molar-refractivity contribution in [3.63, 3.8) is 0 Å².